The molecule has 4 heteroatoms. The van der Waals surface area contributed by atoms with E-state index in [1.54, 1.807) is 0 Å². The van der Waals surface area contributed by atoms with Crippen molar-refractivity contribution >= 4 is 23.5 Å². The summed E-state index contributed by atoms with van der Waals surface area (Å²) in [4.78, 5) is 24.0. The molecule has 0 saturated carbocycles. The number of esters is 1. The summed E-state index contributed by atoms with van der Waals surface area (Å²) in [5, 5.41) is 0. The number of ketones is 1. The Kier molecular flexibility index (Phi) is 7.26. The van der Waals surface area contributed by atoms with Crippen molar-refractivity contribution in [2.45, 2.75) is 38.0 Å². The Balaban J connectivity index is 2.44. The van der Waals surface area contributed by atoms with Crippen LogP contribution >= 0.6 is 11.8 Å². The van der Waals surface area contributed by atoms with Crippen LogP contribution in [0.15, 0.2) is 29.2 Å². The highest BCUT2D eigenvalue weighted by atomic mass is 32.2. The van der Waals surface area contributed by atoms with Crippen molar-refractivity contribution in [1.82, 2.24) is 0 Å². The molecular weight excluding hydrogens is 260 g/mol. The van der Waals surface area contributed by atoms with Crippen molar-refractivity contribution in [3.63, 3.8) is 0 Å². The summed E-state index contributed by atoms with van der Waals surface area (Å²) >= 11 is 1.43. The minimum Gasteiger partial charge on any atom is -0.465 e. The molecule has 0 bridgehead atoms. The lowest BCUT2D eigenvalue weighted by Crippen LogP contribution is -2.07. The van der Waals surface area contributed by atoms with Crippen molar-refractivity contribution < 1.29 is 14.3 Å². The standard InChI is InChI=1S/C15H20O3S/c1-3-5-14(16)12-6-8-13(9-7-12)19-11-15(17)18-10-4-2/h6-9H,3-5,10-11H2,1-2H3. The lowest BCUT2D eigenvalue weighted by atomic mass is 10.1. The van der Waals surface area contributed by atoms with Gasteiger partial charge in [-0.25, -0.2) is 0 Å². The fraction of sp³-hybridized carbons (Fsp3) is 0.467. The Hall–Kier alpha value is -1.29. The summed E-state index contributed by atoms with van der Waals surface area (Å²) in [5.41, 5.74) is 0.736. The molecule has 0 aromatic heterocycles. The highest BCUT2D eigenvalue weighted by Gasteiger charge is 2.06. The van der Waals surface area contributed by atoms with E-state index in [4.69, 9.17) is 4.74 Å². The van der Waals surface area contributed by atoms with E-state index in [0.29, 0.717) is 18.8 Å². The number of ether oxygens (including phenoxy) is 1. The predicted molar refractivity (Wildman–Crippen MR) is 77.7 cm³/mol. The van der Waals surface area contributed by atoms with Gasteiger partial charge in [0.05, 0.1) is 12.4 Å². The SMILES string of the molecule is CCCOC(=O)CSc1ccc(C(=O)CCC)cc1. The molecule has 0 aliphatic rings. The van der Waals surface area contributed by atoms with Gasteiger partial charge >= 0.3 is 5.97 Å². The topological polar surface area (TPSA) is 43.4 Å². The highest BCUT2D eigenvalue weighted by molar-refractivity contribution is 8.00. The summed E-state index contributed by atoms with van der Waals surface area (Å²) in [5.74, 6) is 0.279. The second-order valence-corrected chi connectivity index (χ2v) is 5.26. The molecule has 0 radical (unpaired) electrons. The van der Waals surface area contributed by atoms with Crippen LogP contribution in [-0.4, -0.2) is 24.1 Å². The van der Waals surface area contributed by atoms with Gasteiger partial charge in [-0.05, 0) is 25.0 Å². The van der Waals surface area contributed by atoms with Crippen molar-refractivity contribution in [2.24, 2.45) is 0 Å². The van der Waals surface area contributed by atoms with E-state index in [0.717, 1.165) is 23.3 Å². The third-order valence-electron chi connectivity index (χ3n) is 2.48. The first-order valence-corrected chi connectivity index (χ1v) is 7.57. The molecule has 0 N–H and O–H groups in total. The van der Waals surface area contributed by atoms with Gasteiger partial charge in [0.25, 0.3) is 0 Å². The molecule has 1 aromatic rings. The summed E-state index contributed by atoms with van der Waals surface area (Å²) in [7, 11) is 0. The zero-order chi connectivity index (χ0) is 14.1. The minimum absolute atomic E-state index is 0.168. The van der Waals surface area contributed by atoms with E-state index in [1.807, 2.05) is 38.1 Å². The molecule has 0 unspecified atom stereocenters. The van der Waals surface area contributed by atoms with Gasteiger partial charge in [-0.1, -0.05) is 26.0 Å². The molecule has 3 nitrogen and oxygen atoms in total. The van der Waals surface area contributed by atoms with Crippen molar-refractivity contribution in [3.8, 4) is 0 Å². The number of carbonyl (C=O) groups is 2. The molecule has 104 valence electrons. The highest BCUT2D eigenvalue weighted by Crippen LogP contribution is 2.19. The molecule has 0 aliphatic heterocycles. The lowest BCUT2D eigenvalue weighted by molar-refractivity contribution is -0.140. The van der Waals surface area contributed by atoms with E-state index in [1.165, 1.54) is 11.8 Å². The van der Waals surface area contributed by atoms with Gasteiger partial charge in [0.1, 0.15) is 0 Å². The first-order valence-electron chi connectivity index (χ1n) is 6.59. The molecule has 0 heterocycles. The van der Waals surface area contributed by atoms with Crippen LogP contribution in [0.3, 0.4) is 0 Å². The summed E-state index contributed by atoms with van der Waals surface area (Å²) in [6, 6.07) is 7.39. The van der Waals surface area contributed by atoms with E-state index < -0.39 is 0 Å². The fourth-order valence-electron chi connectivity index (χ4n) is 1.51. The van der Waals surface area contributed by atoms with Crippen LogP contribution in [0, 0.1) is 0 Å². The number of carbonyl (C=O) groups excluding carboxylic acids is 2. The third-order valence-corrected chi connectivity index (χ3v) is 3.46. The van der Waals surface area contributed by atoms with E-state index in [-0.39, 0.29) is 11.8 Å². The maximum Gasteiger partial charge on any atom is 0.316 e. The van der Waals surface area contributed by atoms with Gasteiger partial charge in [-0.2, -0.15) is 0 Å². The maximum absolute atomic E-state index is 11.7. The number of hydrogen-bond acceptors (Lipinski definition) is 4. The predicted octanol–water partition coefficient (Wildman–Crippen LogP) is 3.71. The molecular formula is C15H20O3S. The van der Waals surface area contributed by atoms with Crippen LogP contribution in [0.5, 0.6) is 0 Å². The van der Waals surface area contributed by atoms with Crippen molar-refractivity contribution in [3.05, 3.63) is 29.8 Å². The van der Waals surface area contributed by atoms with Crippen LogP contribution in [0.2, 0.25) is 0 Å². The first-order chi connectivity index (χ1) is 9.17. The van der Waals surface area contributed by atoms with Crippen LogP contribution in [-0.2, 0) is 9.53 Å². The van der Waals surface area contributed by atoms with Gasteiger partial charge in [0, 0.05) is 16.9 Å². The van der Waals surface area contributed by atoms with Crippen LogP contribution in [0.1, 0.15) is 43.5 Å². The maximum atomic E-state index is 11.7. The molecule has 0 fully saturated rings. The number of hydrogen-bond donors (Lipinski definition) is 0. The number of rotatable bonds is 8. The zero-order valence-electron chi connectivity index (χ0n) is 11.5. The second-order valence-electron chi connectivity index (χ2n) is 4.21. The molecule has 0 atom stereocenters. The van der Waals surface area contributed by atoms with E-state index in [2.05, 4.69) is 0 Å². The van der Waals surface area contributed by atoms with E-state index in [9.17, 15) is 9.59 Å². The molecule has 0 amide bonds. The van der Waals surface area contributed by atoms with Gasteiger partial charge < -0.3 is 4.74 Å². The number of benzene rings is 1. The first kappa shape index (κ1) is 15.8. The average molecular weight is 280 g/mol. The average Bonchev–Trinajstić information content (AvgIpc) is 2.43. The molecule has 1 rings (SSSR count). The minimum atomic E-state index is -0.196. The normalized spacial score (nSPS) is 10.2. The largest absolute Gasteiger partial charge is 0.465 e. The Morgan fingerprint density at radius 3 is 2.37 bits per heavy atom. The van der Waals surface area contributed by atoms with Crippen LogP contribution < -0.4 is 0 Å². The molecule has 19 heavy (non-hydrogen) atoms. The Morgan fingerprint density at radius 1 is 1.11 bits per heavy atom. The Morgan fingerprint density at radius 2 is 1.79 bits per heavy atom. The zero-order valence-corrected chi connectivity index (χ0v) is 12.3. The molecule has 1 aromatic carbocycles. The summed E-state index contributed by atoms with van der Waals surface area (Å²) < 4.78 is 4.99. The van der Waals surface area contributed by atoms with Crippen LogP contribution in [0.4, 0.5) is 0 Å². The third kappa shape index (κ3) is 5.92. The van der Waals surface area contributed by atoms with Crippen molar-refractivity contribution in [2.75, 3.05) is 12.4 Å². The summed E-state index contributed by atoms with van der Waals surface area (Å²) in [6.07, 6.45) is 2.28. The van der Waals surface area contributed by atoms with Gasteiger partial charge in [-0.3, -0.25) is 9.59 Å². The quantitative estimate of drug-likeness (QED) is 0.413. The number of Topliss-reactive ketones (excluding diaryl/α,β-unsaturated/α-hetero) is 1. The van der Waals surface area contributed by atoms with E-state index >= 15 is 0 Å². The summed E-state index contributed by atoms with van der Waals surface area (Å²) in [6.45, 7) is 4.43. The second kappa shape index (κ2) is 8.75. The van der Waals surface area contributed by atoms with Gasteiger partial charge in [0.15, 0.2) is 5.78 Å². The smallest absolute Gasteiger partial charge is 0.316 e. The monoisotopic (exact) mass is 280 g/mol. The number of thioether (sulfide) groups is 1. The Bertz CT molecular complexity index is 412. The molecule has 0 aliphatic carbocycles. The van der Waals surface area contributed by atoms with Crippen LogP contribution in [0.25, 0.3) is 0 Å². The van der Waals surface area contributed by atoms with Gasteiger partial charge in [0.2, 0.25) is 0 Å². The van der Waals surface area contributed by atoms with Crippen molar-refractivity contribution in [1.29, 1.82) is 0 Å². The lowest BCUT2D eigenvalue weighted by Gasteiger charge is -2.04. The molecule has 0 spiro atoms. The molecule has 0 saturated heterocycles. The fourth-order valence-corrected chi connectivity index (χ4v) is 2.20. The Labute approximate surface area is 118 Å². The van der Waals surface area contributed by atoms with Gasteiger partial charge in [-0.15, -0.1) is 11.8 Å².